The first-order valence-electron chi connectivity index (χ1n) is 10.7. The molecule has 0 atom stereocenters. The first kappa shape index (κ1) is 25.3. The molecule has 2 aromatic carbocycles. The lowest BCUT2D eigenvalue weighted by atomic mass is 10.1. The maximum atomic E-state index is 12.9. The number of ether oxygens (including phenoxy) is 5. The summed E-state index contributed by atoms with van der Waals surface area (Å²) in [5, 5.41) is 0.647. The summed E-state index contributed by atoms with van der Waals surface area (Å²) in [6.45, 7) is 7.94. The Morgan fingerprint density at radius 3 is 2.26 bits per heavy atom. The summed E-state index contributed by atoms with van der Waals surface area (Å²) >= 11 is 1.25. The third kappa shape index (κ3) is 6.17. The molecule has 0 aliphatic rings. The minimum Gasteiger partial charge on any atom is -0.492 e. The van der Waals surface area contributed by atoms with Crippen LogP contribution >= 0.6 is 11.8 Å². The van der Waals surface area contributed by atoms with Crippen LogP contribution in [-0.2, 0) is 4.74 Å². The standard InChI is InChI=1S/C25H28O8S/c1-14(2)13-30-25(27)32-16-7-9-17(10-8-16)34-21-11-18(26)22-19(33-21)12-20(31-15(3)4)23(28-5)24(22)29-6/h7-12,14-15H,13H2,1-6H3. The molecule has 3 aromatic rings. The molecule has 9 heteroatoms. The molecule has 0 aliphatic carbocycles. The van der Waals surface area contributed by atoms with E-state index >= 15 is 0 Å². The van der Waals surface area contributed by atoms with Crippen LogP contribution < -0.4 is 24.4 Å². The van der Waals surface area contributed by atoms with Gasteiger partial charge in [0.15, 0.2) is 22.0 Å². The highest BCUT2D eigenvalue weighted by Crippen LogP contribution is 2.43. The maximum Gasteiger partial charge on any atom is 0.513 e. The van der Waals surface area contributed by atoms with Crippen molar-refractivity contribution in [3.63, 3.8) is 0 Å². The minimum absolute atomic E-state index is 0.122. The van der Waals surface area contributed by atoms with Crippen LogP contribution in [0, 0.1) is 5.92 Å². The van der Waals surface area contributed by atoms with E-state index in [-0.39, 0.29) is 35.2 Å². The predicted octanol–water partition coefficient (Wildman–Crippen LogP) is 5.92. The molecule has 1 heterocycles. The molecule has 0 spiro atoms. The number of benzene rings is 2. The van der Waals surface area contributed by atoms with Gasteiger partial charge in [-0.2, -0.15) is 0 Å². The third-order valence-corrected chi connectivity index (χ3v) is 5.33. The highest BCUT2D eigenvalue weighted by molar-refractivity contribution is 7.99. The van der Waals surface area contributed by atoms with Crippen LogP contribution in [0.15, 0.2) is 55.6 Å². The molecule has 0 unspecified atom stereocenters. The Hall–Kier alpha value is -3.33. The van der Waals surface area contributed by atoms with Gasteiger partial charge in [-0.15, -0.1) is 0 Å². The molecule has 182 valence electrons. The number of fused-ring (bicyclic) bond motifs is 1. The highest BCUT2D eigenvalue weighted by atomic mass is 32.2. The smallest absolute Gasteiger partial charge is 0.492 e. The van der Waals surface area contributed by atoms with Gasteiger partial charge >= 0.3 is 6.16 Å². The number of carbonyl (C=O) groups is 1. The van der Waals surface area contributed by atoms with Gasteiger partial charge < -0.3 is 28.1 Å². The molecule has 34 heavy (non-hydrogen) atoms. The van der Waals surface area contributed by atoms with E-state index in [1.165, 1.54) is 32.0 Å². The zero-order chi connectivity index (χ0) is 24.8. The maximum absolute atomic E-state index is 12.9. The molecule has 0 saturated carbocycles. The Labute approximate surface area is 202 Å². The topological polar surface area (TPSA) is 93.4 Å². The van der Waals surface area contributed by atoms with Crippen molar-refractivity contribution < 1.29 is 32.9 Å². The first-order valence-corrected chi connectivity index (χ1v) is 11.6. The van der Waals surface area contributed by atoms with Gasteiger partial charge in [0, 0.05) is 17.0 Å². The van der Waals surface area contributed by atoms with Crippen molar-refractivity contribution in [2.24, 2.45) is 5.92 Å². The van der Waals surface area contributed by atoms with Crippen molar-refractivity contribution >= 4 is 28.9 Å². The highest BCUT2D eigenvalue weighted by Gasteiger charge is 2.21. The second-order valence-corrected chi connectivity index (χ2v) is 9.12. The lowest BCUT2D eigenvalue weighted by Crippen LogP contribution is -2.14. The predicted molar refractivity (Wildman–Crippen MR) is 129 cm³/mol. The zero-order valence-electron chi connectivity index (χ0n) is 20.0. The Morgan fingerprint density at radius 1 is 1.00 bits per heavy atom. The molecule has 1 aromatic heterocycles. The molecule has 0 radical (unpaired) electrons. The van der Waals surface area contributed by atoms with E-state index < -0.39 is 6.16 Å². The van der Waals surface area contributed by atoms with Gasteiger partial charge in [0.05, 0.1) is 26.9 Å². The van der Waals surface area contributed by atoms with E-state index in [4.69, 9.17) is 28.1 Å². The Morgan fingerprint density at radius 2 is 1.68 bits per heavy atom. The molecule has 0 amide bonds. The van der Waals surface area contributed by atoms with Crippen molar-refractivity contribution in [1.82, 2.24) is 0 Å². The van der Waals surface area contributed by atoms with Crippen molar-refractivity contribution in [3.05, 3.63) is 46.6 Å². The number of rotatable bonds is 9. The third-order valence-electron chi connectivity index (χ3n) is 4.42. The van der Waals surface area contributed by atoms with Gasteiger partial charge in [-0.3, -0.25) is 4.79 Å². The van der Waals surface area contributed by atoms with Crippen molar-refractivity contribution in [3.8, 4) is 23.0 Å². The summed E-state index contributed by atoms with van der Waals surface area (Å²) < 4.78 is 32.9. The fourth-order valence-corrected chi connectivity index (χ4v) is 3.86. The van der Waals surface area contributed by atoms with Gasteiger partial charge in [-0.05, 0) is 44.0 Å². The monoisotopic (exact) mass is 488 g/mol. The summed E-state index contributed by atoms with van der Waals surface area (Å²) in [5.74, 6) is 1.58. The summed E-state index contributed by atoms with van der Waals surface area (Å²) in [6, 6.07) is 9.80. The molecule has 0 N–H and O–H groups in total. The average Bonchev–Trinajstić information content (AvgIpc) is 2.77. The molecule has 0 saturated heterocycles. The molecule has 0 bridgehead atoms. The van der Waals surface area contributed by atoms with Gasteiger partial charge in [0.25, 0.3) is 0 Å². The molecule has 0 aliphatic heterocycles. The van der Waals surface area contributed by atoms with E-state index in [1.807, 2.05) is 27.7 Å². The largest absolute Gasteiger partial charge is 0.513 e. The Balaban J connectivity index is 1.86. The van der Waals surface area contributed by atoms with Crippen molar-refractivity contribution in [2.45, 2.75) is 43.8 Å². The van der Waals surface area contributed by atoms with Crippen LogP contribution in [0.4, 0.5) is 4.79 Å². The van der Waals surface area contributed by atoms with E-state index in [1.54, 1.807) is 30.3 Å². The summed E-state index contributed by atoms with van der Waals surface area (Å²) in [7, 11) is 2.95. The molecule has 0 fully saturated rings. The van der Waals surface area contributed by atoms with E-state index in [0.717, 1.165) is 4.90 Å². The fourth-order valence-electron chi connectivity index (χ4n) is 3.06. The molecular weight excluding hydrogens is 460 g/mol. The van der Waals surface area contributed by atoms with E-state index in [0.29, 0.717) is 27.9 Å². The van der Waals surface area contributed by atoms with Gasteiger partial charge in [-0.25, -0.2) is 4.79 Å². The normalized spacial score (nSPS) is 11.1. The lowest BCUT2D eigenvalue weighted by molar-refractivity contribution is 0.0885. The number of carbonyl (C=O) groups excluding carboxylic acids is 1. The second-order valence-electron chi connectivity index (χ2n) is 8.04. The zero-order valence-corrected chi connectivity index (χ0v) is 20.8. The Kier molecular flexibility index (Phi) is 8.33. The number of methoxy groups -OCH3 is 2. The van der Waals surface area contributed by atoms with Crippen LogP contribution in [-0.4, -0.2) is 33.1 Å². The molecule has 3 rings (SSSR count). The summed E-state index contributed by atoms with van der Waals surface area (Å²) in [6.07, 6.45) is -0.873. The van der Waals surface area contributed by atoms with E-state index in [9.17, 15) is 9.59 Å². The molecule has 8 nitrogen and oxygen atoms in total. The molecular formula is C25H28O8S. The first-order chi connectivity index (χ1) is 16.2. The summed E-state index contributed by atoms with van der Waals surface area (Å²) in [5.41, 5.74) is 0.0407. The van der Waals surface area contributed by atoms with Crippen molar-refractivity contribution in [1.29, 1.82) is 0 Å². The SMILES string of the molecule is COc1c(OC(C)C)cc2oc(Sc3ccc(OC(=O)OCC(C)C)cc3)cc(=O)c2c1OC. The average molecular weight is 489 g/mol. The second kappa shape index (κ2) is 11.2. The van der Waals surface area contributed by atoms with Crippen molar-refractivity contribution in [2.75, 3.05) is 20.8 Å². The van der Waals surface area contributed by atoms with Gasteiger partial charge in [0.1, 0.15) is 16.7 Å². The fraction of sp³-hybridized carbons (Fsp3) is 0.360. The van der Waals surface area contributed by atoms with Crippen LogP contribution in [0.25, 0.3) is 11.0 Å². The number of hydrogen-bond acceptors (Lipinski definition) is 9. The number of hydrogen-bond donors (Lipinski definition) is 0. The van der Waals surface area contributed by atoms with Gasteiger partial charge in [-0.1, -0.05) is 25.6 Å². The summed E-state index contributed by atoms with van der Waals surface area (Å²) in [4.78, 5) is 25.4. The minimum atomic E-state index is -0.751. The Bertz CT molecular complexity index is 1200. The lowest BCUT2D eigenvalue weighted by Gasteiger charge is -2.17. The van der Waals surface area contributed by atoms with Crippen LogP contribution in [0.2, 0.25) is 0 Å². The van der Waals surface area contributed by atoms with Crippen LogP contribution in [0.5, 0.6) is 23.0 Å². The van der Waals surface area contributed by atoms with Crippen LogP contribution in [0.3, 0.4) is 0 Å². The van der Waals surface area contributed by atoms with Gasteiger partial charge in [0.2, 0.25) is 5.75 Å². The van der Waals surface area contributed by atoms with Crippen LogP contribution in [0.1, 0.15) is 27.7 Å². The van der Waals surface area contributed by atoms with E-state index in [2.05, 4.69) is 0 Å². The quantitative estimate of drug-likeness (QED) is 0.269.